The summed E-state index contributed by atoms with van der Waals surface area (Å²) in [5, 5.41) is 11.3. The maximum absolute atomic E-state index is 13.4. The first-order chi connectivity index (χ1) is 17.7. The average Bonchev–Trinajstić information content (AvgIpc) is 3.14. The van der Waals surface area contributed by atoms with E-state index in [1.54, 1.807) is 62.4 Å². The molecule has 1 fully saturated rings. The maximum atomic E-state index is 13.4. The van der Waals surface area contributed by atoms with Gasteiger partial charge in [-0.3, -0.25) is 14.5 Å². The van der Waals surface area contributed by atoms with Crippen LogP contribution < -0.4 is 9.64 Å². The van der Waals surface area contributed by atoms with Crippen LogP contribution in [-0.4, -0.2) is 35.5 Å². The van der Waals surface area contributed by atoms with Crippen LogP contribution in [0.25, 0.3) is 5.76 Å². The predicted octanol–water partition coefficient (Wildman–Crippen LogP) is 5.59. The molecule has 1 heterocycles. The summed E-state index contributed by atoms with van der Waals surface area (Å²) in [6.45, 7) is 7.77. The molecule has 3 aromatic carbocycles. The van der Waals surface area contributed by atoms with Crippen molar-refractivity contribution >= 4 is 29.1 Å². The molecular formula is C30H29NO6. The third kappa shape index (κ3) is 5.26. The largest absolute Gasteiger partial charge is 0.507 e. The highest BCUT2D eigenvalue weighted by atomic mass is 16.5. The van der Waals surface area contributed by atoms with Crippen LogP contribution in [0.15, 0.2) is 78.4 Å². The number of aryl methyl sites for hydroxylation is 1. The van der Waals surface area contributed by atoms with Crippen LogP contribution >= 0.6 is 0 Å². The van der Waals surface area contributed by atoms with Gasteiger partial charge in [-0.05, 0) is 75.7 Å². The second-order valence-electron chi connectivity index (χ2n) is 9.05. The lowest BCUT2D eigenvalue weighted by Crippen LogP contribution is -2.29. The van der Waals surface area contributed by atoms with Gasteiger partial charge in [-0.15, -0.1) is 0 Å². The number of benzene rings is 3. The topological polar surface area (TPSA) is 93.1 Å². The molecule has 1 aliphatic rings. The van der Waals surface area contributed by atoms with Gasteiger partial charge in [-0.2, -0.15) is 0 Å². The van der Waals surface area contributed by atoms with E-state index in [0.29, 0.717) is 29.2 Å². The number of nitrogens with zero attached hydrogens (tertiary/aromatic N) is 1. The second-order valence-corrected chi connectivity index (χ2v) is 9.05. The highest BCUT2D eigenvalue weighted by Gasteiger charge is 2.47. The average molecular weight is 500 g/mol. The van der Waals surface area contributed by atoms with Crippen molar-refractivity contribution in [3.05, 3.63) is 101 Å². The molecule has 7 nitrogen and oxygen atoms in total. The molecule has 0 saturated carbocycles. The summed E-state index contributed by atoms with van der Waals surface area (Å²) in [7, 11) is 0. The minimum atomic E-state index is -0.900. The quantitative estimate of drug-likeness (QED) is 0.197. The number of esters is 1. The van der Waals surface area contributed by atoms with Gasteiger partial charge in [0.25, 0.3) is 11.7 Å². The van der Waals surface area contributed by atoms with Crippen molar-refractivity contribution in [1.82, 2.24) is 0 Å². The molecule has 3 aromatic rings. The van der Waals surface area contributed by atoms with E-state index in [2.05, 4.69) is 0 Å². The molecule has 1 atom stereocenters. The van der Waals surface area contributed by atoms with Gasteiger partial charge in [0.05, 0.1) is 29.9 Å². The Balaban J connectivity index is 1.86. The summed E-state index contributed by atoms with van der Waals surface area (Å²) in [5.41, 5.74) is 2.53. The number of Topliss-reactive ketones (excluding diaryl/α,β-unsaturated/α-hetero) is 1. The normalized spacial score (nSPS) is 16.8. The third-order valence-corrected chi connectivity index (χ3v) is 5.94. The van der Waals surface area contributed by atoms with E-state index in [1.165, 1.54) is 11.0 Å². The number of hydrogen-bond acceptors (Lipinski definition) is 6. The van der Waals surface area contributed by atoms with Gasteiger partial charge in [0.2, 0.25) is 0 Å². The smallest absolute Gasteiger partial charge is 0.338 e. The first kappa shape index (κ1) is 25.7. The van der Waals surface area contributed by atoms with Crippen LogP contribution in [0.4, 0.5) is 5.69 Å². The highest BCUT2D eigenvalue weighted by Crippen LogP contribution is 2.42. The lowest BCUT2D eigenvalue weighted by atomic mass is 9.94. The van der Waals surface area contributed by atoms with Gasteiger partial charge in [-0.25, -0.2) is 4.79 Å². The first-order valence-corrected chi connectivity index (χ1v) is 12.1. The SMILES string of the molecule is CCOc1ccc(/C(O)=C2\C(=O)C(=O)N(c3cccc(C(=O)OC(C)C)c3)C2c2cccc(C)c2)cc1. The molecule has 0 aliphatic carbocycles. The third-order valence-electron chi connectivity index (χ3n) is 5.94. The lowest BCUT2D eigenvalue weighted by Gasteiger charge is -2.26. The Kier molecular flexibility index (Phi) is 7.43. The number of aliphatic hydroxyl groups excluding tert-OH is 1. The molecule has 7 heteroatoms. The van der Waals surface area contributed by atoms with Crippen LogP contribution in [0.3, 0.4) is 0 Å². The van der Waals surface area contributed by atoms with E-state index in [-0.39, 0.29) is 23.0 Å². The number of carbonyl (C=O) groups excluding carboxylic acids is 3. The molecule has 1 aliphatic heterocycles. The molecule has 190 valence electrons. The van der Waals surface area contributed by atoms with Gasteiger partial charge in [0.15, 0.2) is 0 Å². The fourth-order valence-electron chi connectivity index (χ4n) is 4.35. The molecule has 37 heavy (non-hydrogen) atoms. The van der Waals surface area contributed by atoms with Gasteiger partial charge in [-0.1, -0.05) is 35.9 Å². The number of amides is 1. The van der Waals surface area contributed by atoms with Crippen LogP contribution in [0, 0.1) is 6.92 Å². The Morgan fingerprint density at radius 1 is 0.973 bits per heavy atom. The first-order valence-electron chi connectivity index (χ1n) is 12.1. The number of hydrogen-bond donors (Lipinski definition) is 1. The summed E-state index contributed by atoms with van der Waals surface area (Å²) in [5.74, 6) is -1.80. The number of carbonyl (C=O) groups is 3. The summed E-state index contributed by atoms with van der Waals surface area (Å²) in [4.78, 5) is 40.7. The fourth-order valence-corrected chi connectivity index (χ4v) is 4.35. The van der Waals surface area contributed by atoms with E-state index in [9.17, 15) is 19.5 Å². The number of aliphatic hydroxyl groups is 1. The Hall–Kier alpha value is -4.39. The molecule has 1 N–H and O–H groups in total. The van der Waals surface area contributed by atoms with Crippen molar-refractivity contribution in [3.63, 3.8) is 0 Å². The zero-order chi connectivity index (χ0) is 26.7. The predicted molar refractivity (Wildman–Crippen MR) is 141 cm³/mol. The van der Waals surface area contributed by atoms with Gasteiger partial charge in [0, 0.05) is 11.3 Å². The van der Waals surface area contributed by atoms with E-state index in [4.69, 9.17) is 9.47 Å². The van der Waals surface area contributed by atoms with Crippen LogP contribution in [0.2, 0.25) is 0 Å². The maximum Gasteiger partial charge on any atom is 0.338 e. The summed E-state index contributed by atoms with van der Waals surface area (Å²) in [6, 6.07) is 19.6. The van der Waals surface area contributed by atoms with Gasteiger partial charge >= 0.3 is 5.97 Å². The number of ether oxygens (including phenoxy) is 2. The molecule has 0 bridgehead atoms. The Morgan fingerprint density at radius 3 is 2.32 bits per heavy atom. The second kappa shape index (κ2) is 10.7. The minimum absolute atomic E-state index is 0.0325. The van der Waals surface area contributed by atoms with E-state index >= 15 is 0 Å². The monoisotopic (exact) mass is 499 g/mol. The standard InChI is InChI=1S/C30H29NO6/c1-5-36-24-14-12-20(13-15-24)27(32)25-26(21-9-6-8-19(4)16-21)31(29(34)28(25)33)23-11-7-10-22(17-23)30(35)37-18(2)3/h6-18,26,32H,5H2,1-4H3/b27-25+. The highest BCUT2D eigenvalue weighted by molar-refractivity contribution is 6.51. The zero-order valence-corrected chi connectivity index (χ0v) is 21.2. The minimum Gasteiger partial charge on any atom is -0.507 e. The van der Waals surface area contributed by atoms with Crippen molar-refractivity contribution in [2.75, 3.05) is 11.5 Å². The summed E-state index contributed by atoms with van der Waals surface area (Å²) < 4.78 is 10.8. The summed E-state index contributed by atoms with van der Waals surface area (Å²) in [6.07, 6.45) is -0.313. The number of anilines is 1. The van der Waals surface area contributed by atoms with Crippen molar-refractivity contribution in [3.8, 4) is 5.75 Å². The van der Waals surface area contributed by atoms with Crippen LogP contribution in [0.5, 0.6) is 5.75 Å². The van der Waals surface area contributed by atoms with E-state index < -0.39 is 23.7 Å². The Morgan fingerprint density at radius 2 is 1.68 bits per heavy atom. The Bertz CT molecular complexity index is 1370. The number of rotatable bonds is 7. The summed E-state index contributed by atoms with van der Waals surface area (Å²) >= 11 is 0. The van der Waals surface area contributed by atoms with E-state index in [0.717, 1.165) is 5.56 Å². The molecule has 0 radical (unpaired) electrons. The molecule has 1 unspecified atom stereocenters. The van der Waals surface area contributed by atoms with Crippen molar-refractivity contribution in [1.29, 1.82) is 0 Å². The van der Waals surface area contributed by atoms with Crippen LogP contribution in [-0.2, 0) is 14.3 Å². The molecule has 1 saturated heterocycles. The zero-order valence-electron chi connectivity index (χ0n) is 21.2. The van der Waals surface area contributed by atoms with E-state index in [1.807, 2.05) is 32.0 Å². The van der Waals surface area contributed by atoms with Gasteiger partial charge < -0.3 is 14.6 Å². The molecule has 0 aromatic heterocycles. The van der Waals surface area contributed by atoms with Crippen molar-refractivity contribution in [2.45, 2.75) is 39.8 Å². The lowest BCUT2D eigenvalue weighted by molar-refractivity contribution is -0.132. The van der Waals surface area contributed by atoms with Crippen LogP contribution in [0.1, 0.15) is 53.9 Å². The van der Waals surface area contributed by atoms with Crippen molar-refractivity contribution < 1.29 is 29.0 Å². The molecule has 0 spiro atoms. The molecule has 4 rings (SSSR count). The fraction of sp³-hybridized carbons (Fsp3) is 0.233. The molecular weight excluding hydrogens is 470 g/mol. The van der Waals surface area contributed by atoms with Gasteiger partial charge in [0.1, 0.15) is 11.5 Å². The Labute approximate surface area is 215 Å². The molecule has 1 amide bonds. The number of ketones is 1. The van der Waals surface area contributed by atoms with Crippen molar-refractivity contribution in [2.24, 2.45) is 0 Å².